The highest BCUT2D eigenvalue weighted by atomic mass is 16.7. The quantitative estimate of drug-likeness (QED) is 0.0315. The minimum absolute atomic E-state index is 0.0763. The second kappa shape index (κ2) is 25.7. The number of carboxylic acid groups (broad SMARTS) is 1. The van der Waals surface area contributed by atoms with Crippen LogP contribution in [0.3, 0.4) is 0 Å². The second-order valence-corrected chi connectivity index (χ2v) is 16.7. The summed E-state index contributed by atoms with van der Waals surface area (Å²) in [6.45, 7) is 5.41. The van der Waals surface area contributed by atoms with Crippen LogP contribution in [0.25, 0.3) is 6.08 Å². The van der Waals surface area contributed by atoms with Gasteiger partial charge in [0, 0.05) is 36.5 Å². The number of carbonyl (C=O) groups is 4. The number of aliphatic hydroxyl groups excluding tert-OH is 7. The topological polar surface area (TPSA) is 346 Å². The Morgan fingerprint density at radius 3 is 1.86 bits per heavy atom. The van der Waals surface area contributed by atoms with Gasteiger partial charge in [0.15, 0.2) is 29.5 Å². The average molecular weight is 973 g/mol. The molecular weight excluding hydrogens is 913 g/mol. The van der Waals surface area contributed by atoms with E-state index < -0.39 is 135 Å². The highest BCUT2D eigenvalue weighted by Crippen LogP contribution is 2.34. The van der Waals surface area contributed by atoms with E-state index in [4.69, 9.17) is 28.4 Å². The van der Waals surface area contributed by atoms with Gasteiger partial charge in [0.05, 0.1) is 25.4 Å². The molecule has 3 aliphatic rings. The number of aliphatic carboxylic acids is 1. The van der Waals surface area contributed by atoms with Crippen molar-refractivity contribution in [2.75, 3.05) is 13.2 Å². The molecule has 0 amide bonds. The Labute approximate surface area is 396 Å². The van der Waals surface area contributed by atoms with Crippen LogP contribution in [0.5, 0.6) is 11.5 Å². The highest BCUT2D eigenvalue weighted by molar-refractivity contribution is 5.89. The zero-order valence-corrected chi connectivity index (χ0v) is 38.1. The van der Waals surface area contributed by atoms with E-state index in [1.165, 1.54) is 50.3 Å². The third-order valence-electron chi connectivity index (χ3n) is 11.1. The molecule has 69 heavy (non-hydrogen) atoms. The van der Waals surface area contributed by atoms with Crippen molar-refractivity contribution >= 4 is 30.0 Å². The lowest BCUT2D eigenvalue weighted by Gasteiger charge is -2.41. The van der Waals surface area contributed by atoms with Crippen molar-refractivity contribution in [3.05, 3.63) is 113 Å². The zero-order chi connectivity index (χ0) is 51.2. The summed E-state index contributed by atoms with van der Waals surface area (Å²) in [5, 5.41) is 111. The van der Waals surface area contributed by atoms with Crippen molar-refractivity contribution in [2.24, 2.45) is 0 Å². The first-order valence-electron chi connectivity index (χ1n) is 21.7. The SMILES string of the molecule is CC(/C=C/C=C(\C)C(=O)OC1OC(COC2OC(CO)C(O)C(O)C2O)[C@@H](O)C[C@@H]1O)=C\C=C\C=C(C)\C=C\C=C(/C)C(=O)O[C@@H]1[C@@H](O)C[C@](O)(C(=O)O)C[C@H]1OC(=O)/C=C/c1ccc(O)c(O)c1. The third-order valence-corrected chi connectivity index (χ3v) is 11.1. The summed E-state index contributed by atoms with van der Waals surface area (Å²) in [5.74, 6) is -5.27. The summed E-state index contributed by atoms with van der Waals surface area (Å²) in [6.07, 6.45) is -0.735. The number of carboxylic acids is 1. The molecule has 13 atom stereocenters. The number of hydrogen-bond donors (Lipinski definition) is 11. The average Bonchev–Trinajstić information content (AvgIpc) is 3.29. The van der Waals surface area contributed by atoms with Gasteiger partial charge < -0.3 is 84.6 Å². The first kappa shape index (κ1) is 55.8. The smallest absolute Gasteiger partial charge is 0.336 e. The zero-order valence-electron chi connectivity index (χ0n) is 38.1. The van der Waals surface area contributed by atoms with Crippen LogP contribution in [0.15, 0.2) is 107 Å². The fraction of sp³-hybridized carbons (Fsp3) is 0.458. The van der Waals surface area contributed by atoms with Gasteiger partial charge in [0.1, 0.15) is 42.7 Å². The summed E-state index contributed by atoms with van der Waals surface area (Å²) in [6, 6.07) is 3.74. The molecule has 21 heteroatoms. The van der Waals surface area contributed by atoms with Gasteiger partial charge in [-0.25, -0.2) is 19.2 Å². The Hall–Kier alpha value is -5.82. The molecule has 0 spiro atoms. The molecule has 0 bridgehead atoms. The van der Waals surface area contributed by atoms with E-state index in [1.54, 1.807) is 55.5 Å². The van der Waals surface area contributed by atoms with Crippen molar-refractivity contribution in [2.45, 2.75) is 126 Å². The van der Waals surface area contributed by atoms with Crippen molar-refractivity contribution in [1.29, 1.82) is 0 Å². The van der Waals surface area contributed by atoms with Gasteiger partial charge in [0.25, 0.3) is 0 Å². The molecule has 7 unspecified atom stereocenters. The molecule has 2 saturated heterocycles. The van der Waals surface area contributed by atoms with Crippen LogP contribution in [0, 0.1) is 0 Å². The number of ether oxygens (including phenoxy) is 6. The van der Waals surface area contributed by atoms with Crippen molar-refractivity contribution in [1.82, 2.24) is 0 Å². The molecule has 1 aliphatic carbocycles. The first-order valence-corrected chi connectivity index (χ1v) is 21.7. The van der Waals surface area contributed by atoms with Crippen molar-refractivity contribution in [3.8, 4) is 11.5 Å². The predicted molar refractivity (Wildman–Crippen MR) is 240 cm³/mol. The van der Waals surface area contributed by atoms with Crippen LogP contribution in [0.2, 0.25) is 0 Å². The maximum Gasteiger partial charge on any atom is 0.336 e. The summed E-state index contributed by atoms with van der Waals surface area (Å²) in [4.78, 5) is 50.3. The number of carbonyl (C=O) groups excluding carboxylic acids is 3. The van der Waals surface area contributed by atoms with E-state index in [2.05, 4.69) is 0 Å². The van der Waals surface area contributed by atoms with Crippen LogP contribution in [-0.4, -0.2) is 172 Å². The van der Waals surface area contributed by atoms with E-state index in [-0.39, 0.29) is 23.3 Å². The number of hydrogen-bond acceptors (Lipinski definition) is 20. The molecule has 1 aromatic carbocycles. The standard InChI is InChI=1S/C48H60O21/c1-25(11-7-13-27(3)43(59)68-42-34(54)21-48(63,47(61)62)22-35(42)65-38(55)18-16-29-15-17-30(50)31(51)19-29)9-5-6-10-26(2)12-8-14-28(4)44(60)69-45-33(53)20-32(52)37(67-45)24-64-46-41(58)40(57)39(56)36(23-49)66-46/h5-19,32-37,39-42,45-46,49-54,56-58,63H,20-24H2,1-4H3,(H,61,62)/b6-5+,11-7+,12-8+,18-16+,25-9+,26-10+,27-13+,28-14+/t32-,33-,34-,35+,36?,37?,39?,40?,41?,42+,45?,46?,48+/m0/s1. The number of rotatable bonds is 18. The van der Waals surface area contributed by atoms with Crippen LogP contribution < -0.4 is 0 Å². The number of aliphatic hydroxyl groups is 8. The van der Waals surface area contributed by atoms with Crippen LogP contribution in [0.1, 0.15) is 52.5 Å². The lowest BCUT2D eigenvalue weighted by Crippen LogP contribution is -2.60. The lowest BCUT2D eigenvalue weighted by molar-refractivity contribution is -0.318. The predicted octanol–water partition coefficient (Wildman–Crippen LogP) is 0.555. The summed E-state index contributed by atoms with van der Waals surface area (Å²) in [7, 11) is 0. The monoisotopic (exact) mass is 972 g/mol. The molecule has 0 radical (unpaired) electrons. The van der Waals surface area contributed by atoms with Gasteiger partial charge in [-0.1, -0.05) is 78.0 Å². The number of phenolic OH excluding ortho intramolecular Hbond substituents is 2. The largest absolute Gasteiger partial charge is 0.504 e. The van der Waals surface area contributed by atoms with Gasteiger partial charge in [-0.05, 0) is 51.5 Å². The van der Waals surface area contributed by atoms with E-state index in [9.17, 15) is 75.3 Å². The number of aromatic hydroxyl groups is 2. The molecule has 3 fully saturated rings. The van der Waals surface area contributed by atoms with Crippen molar-refractivity contribution < 1.29 is 104 Å². The summed E-state index contributed by atoms with van der Waals surface area (Å²) < 4.78 is 32.4. The maximum absolute atomic E-state index is 13.0. The fourth-order valence-corrected chi connectivity index (χ4v) is 6.96. The molecule has 2 heterocycles. The molecule has 2 aliphatic heterocycles. The minimum Gasteiger partial charge on any atom is -0.504 e. The number of phenols is 2. The van der Waals surface area contributed by atoms with Gasteiger partial charge in [-0.3, -0.25) is 0 Å². The molecule has 11 N–H and O–H groups in total. The molecule has 21 nitrogen and oxygen atoms in total. The Kier molecular flexibility index (Phi) is 20.8. The maximum atomic E-state index is 13.0. The first-order chi connectivity index (χ1) is 32.5. The van der Waals surface area contributed by atoms with E-state index in [1.807, 2.05) is 6.92 Å². The Morgan fingerprint density at radius 2 is 1.28 bits per heavy atom. The highest BCUT2D eigenvalue weighted by Gasteiger charge is 2.52. The van der Waals surface area contributed by atoms with Crippen LogP contribution in [-0.2, 0) is 47.6 Å². The van der Waals surface area contributed by atoms with E-state index >= 15 is 0 Å². The fourth-order valence-electron chi connectivity index (χ4n) is 6.96. The Morgan fingerprint density at radius 1 is 0.681 bits per heavy atom. The molecule has 4 rings (SSSR count). The lowest BCUT2D eigenvalue weighted by atomic mass is 9.79. The van der Waals surface area contributed by atoms with Crippen LogP contribution >= 0.6 is 0 Å². The number of benzene rings is 1. The number of esters is 3. The van der Waals surface area contributed by atoms with Gasteiger partial charge >= 0.3 is 23.9 Å². The van der Waals surface area contributed by atoms with E-state index in [0.717, 1.165) is 17.2 Å². The second-order valence-electron chi connectivity index (χ2n) is 16.7. The molecular formula is C48H60O21. The summed E-state index contributed by atoms with van der Waals surface area (Å²) >= 11 is 0. The van der Waals surface area contributed by atoms with E-state index in [0.29, 0.717) is 5.56 Å². The molecule has 378 valence electrons. The van der Waals surface area contributed by atoms with Crippen LogP contribution in [0.4, 0.5) is 0 Å². The van der Waals surface area contributed by atoms with Gasteiger partial charge in [0.2, 0.25) is 6.29 Å². The molecule has 0 aromatic heterocycles. The van der Waals surface area contributed by atoms with Crippen molar-refractivity contribution in [3.63, 3.8) is 0 Å². The third kappa shape index (κ3) is 16.1. The minimum atomic E-state index is -2.49. The Bertz CT molecular complexity index is 2220. The summed E-state index contributed by atoms with van der Waals surface area (Å²) in [5.41, 5.74) is -0.393. The van der Waals surface area contributed by atoms with Gasteiger partial charge in [-0.2, -0.15) is 0 Å². The van der Waals surface area contributed by atoms with Gasteiger partial charge in [-0.15, -0.1) is 0 Å². The normalized spacial score (nSPS) is 31.9. The molecule has 1 aromatic rings. The molecule has 1 saturated carbocycles. The Balaban J connectivity index is 1.26. The number of allylic oxidation sites excluding steroid dienone is 12.